The van der Waals surface area contributed by atoms with E-state index in [2.05, 4.69) is 24.5 Å². The largest absolute Gasteiger partial charge is 0.314 e. The molecule has 1 heterocycles. The van der Waals surface area contributed by atoms with E-state index < -0.39 is 0 Å². The topological polar surface area (TPSA) is 24.1 Å². The first-order valence-corrected chi connectivity index (χ1v) is 4.28. The molecule has 1 aliphatic heterocycles. The van der Waals surface area contributed by atoms with Crippen molar-refractivity contribution in [2.75, 3.05) is 19.6 Å². The average Bonchev–Trinajstić information content (AvgIpc) is 2.05. The van der Waals surface area contributed by atoms with Crippen molar-refractivity contribution in [2.45, 2.75) is 26.3 Å². The molecule has 0 radical (unpaired) electrons. The molecule has 0 aromatic heterocycles. The Hall–Kier alpha value is -0.0800. The Labute approximate surface area is 63.4 Å². The van der Waals surface area contributed by atoms with Gasteiger partial charge in [0.1, 0.15) is 0 Å². The molecular formula is C8H18N2. The molecule has 2 N–H and O–H groups in total. The summed E-state index contributed by atoms with van der Waals surface area (Å²) in [5.41, 5.74) is 0. The van der Waals surface area contributed by atoms with E-state index in [-0.39, 0.29) is 0 Å². The molecule has 0 bridgehead atoms. The van der Waals surface area contributed by atoms with Crippen molar-refractivity contribution in [3.05, 3.63) is 0 Å². The van der Waals surface area contributed by atoms with Gasteiger partial charge in [0.05, 0.1) is 0 Å². The van der Waals surface area contributed by atoms with Crippen molar-refractivity contribution in [1.82, 2.24) is 10.6 Å². The normalized spacial score (nSPS) is 30.0. The summed E-state index contributed by atoms with van der Waals surface area (Å²) in [6.45, 7) is 7.97. The molecule has 0 aromatic rings. The van der Waals surface area contributed by atoms with Crippen molar-refractivity contribution in [3.63, 3.8) is 0 Å². The van der Waals surface area contributed by atoms with Crippen molar-refractivity contribution in [2.24, 2.45) is 5.92 Å². The van der Waals surface area contributed by atoms with E-state index in [1.807, 2.05) is 0 Å². The van der Waals surface area contributed by atoms with Crippen LogP contribution in [0.5, 0.6) is 0 Å². The molecule has 0 spiro atoms. The SMILES string of the molecule is CC[C@H](C)[C@@H]1CNCCN1. The van der Waals surface area contributed by atoms with Gasteiger partial charge in [0.25, 0.3) is 0 Å². The number of hydrogen-bond donors (Lipinski definition) is 2. The molecule has 2 heteroatoms. The van der Waals surface area contributed by atoms with Crippen LogP contribution in [0.1, 0.15) is 20.3 Å². The van der Waals surface area contributed by atoms with Crippen LogP contribution in [0, 0.1) is 5.92 Å². The van der Waals surface area contributed by atoms with Gasteiger partial charge >= 0.3 is 0 Å². The van der Waals surface area contributed by atoms with Crippen LogP contribution in [0.3, 0.4) is 0 Å². The van der Waals surface area contributed by atoms with Crippen molar-refractivity contribution in [3.8, 4) is 0 Å². The molecule has 0 amide bonds. The third-order valence-electron chi connectivity index (χ3n) is 2.40. The van der Waals surface area contributed by atoms with Crippen molar-refractivity contribution < 1.29 is 0 Å². The second kappa shape index (κ2) is 3.94. The highest BCUT2D eigenvalue weighted by atomic mass is 15.1. The smallest absolute Gasteiger partial charge is 0.0218 e. The van der Waals surface area contributed by atoms with Crippen LogP contribution < -0.4 is 10.6 Å². The van der Waals surface area contributed by atoms with Crippen LogP contribution in [-0.4, -0.2) is 25.7 Å². The van der Waals surface area contributed by atoms with Crippen molar-refractivity contribution in [1.29, 1.82) is 0 Å². The highest BCUT2D eigenvalue weighted by molar-refractivity contribution is 4.78. The van der Waals surface area contributed by atoms with Gasteiger partial charge in [-0.15, -0.1) is 0 Å². The molecule has 1 saturated heterocycles. The number of piperazine rings is 1. The minimum atomic E-state index is 0.707. The second-order valence-electron chi connectivity index (χ2n) is 3.15. The first kappa shape index (κ1) is 8.02. The summed E-state index contributed by atoms with van der Waals surface area (Å²) < 4.78 is 0. The highest BCUT2D eigenvalue weighted by Gasteiger charge is 2.16. The fourth-order valence-electron chi connectivity index (χ4n) is 1.36. The van der Waals surface area contributed by atoms with E-state index in [1.54, 1.807) is 0 Å². The highest BCUT2D eigenvalue weighted by Crippen LogP contribution is 2.07. The van der Waals surface area contributed by atoms with Gasteiger partial charge in [0, 0.05) is 25.7 Å². The Morgan fingerprint density at radius 1 is 1.50 bits per heavy atom. The van der Waals surface area contributed by atoms with Crippen LogP contribution in [0.25, 0.3) is 0 Å². The summed E-state index contributed by atoms with van der Waals surface area (Å²) in [6, 6.07) is 0.707. The van der Waals surface area contributed by atoms with E-state index >= 15 is 0 Å². The standard InChI is InChI=1S/C8H18N2/c1-3-7(2)8-6-9-4-5-10-8/h7-10H,3-6H2,1-2H3/t7-,8-/m0/s1. The third kappa shape index (κ3) is 1.96. The van der Waals surface area contributed by atoms with Gasteiger partial charge < -0.3 is 10.6 Å². The van der Waals surface area contributed by atoms with Crippen LogP contribution in [-0.2, 0) is 0 Å². The predicted molar refractivity (Wildman–Crippen MR) is 44.1 cm³/mol. The van der Waals surface area contributed by atoms with Gasteiger partial charge in [0.2, 0.25) is 0 Å². The zero-order valence-electron chi connectivity index (χ0n) is 6.98. The maximum atomic E-state index is 3.51. The lowest BCUT2D eigenvalue weighted by molar-refractivity contribution is 0.319. The third-order valence-corrected chi connectivity index (χ3v) is 2.40. The summed E-state index contributed by atoms with van der Waals surface area (Å²) >= 11 is 0. The molecule has 0 unspecified atom stereocenters. The average molecular weight is 142 g/mol. The Balaban J connectivity index is 2.24. The predicted octanol–water partition coefficient (Wildman–Crippen LogP) is 0.594. The summed E-state index contributed by atoms with van der Waals surface area (Å²) in [6.07, 6.45) is 1.28. The summed E-state index contributed by atoms with van der Waals surface area (Å²) in [5.74, 6) is 0.813. The zero-order valence-corrected chi connectivity index (χ0v) is 6.98. The van der Waals surface area contributed by atoms with E-state index in [9.17, 15) is 0 Å². The molecule has 1 rings (SSSR count). The summed E-state index contributed by atoms with van der Waals surface area (Å²) in [5, 5.41) is 6.89. The van der Waals surface area contributed by atoms with Crippen LogP contribution in [0.2, 0.25) is 0 Å². The maximum absolute atomic E-state index is 3.51. The Morgan fingerprint density at radius 2 is 2.30 bits per heavy atom. The summed E-state index contributed by atoms with van der Waals surface area (Å²) in [7, 11) is 0. The van der Waals surface area contributed by atoms with Gasteiger partial charge in [-0.05, 0) is 5.92 Å². The molecule has 0 saturated carbocycles. The Kier molecular flexibility index (Phi) is 3.16. The molecular weight excluding hydrogens is 124 g/mol. The first-order valence-electron chi connectivity index (χ1n) is 4.28. The van der Waals surface area contributed by atoms with Gasteiger partial charge in [-0.3, -0.25) is 0 Å². The lowest BCUT2D eigenvalue weighted by atomic mass is 9.98. The first-order chi connectivity index (χ1) is 4.84. The molecule has 0 aromatic carbocycles. The Bertz CT molecular complexity index is 87.3. The fourth-order valence-corrected chi connectivity index (χ4v) is 1.36. The van der Waals surface area contributed by atoms with Crippen LogP contribution in [0.4, 0.5) is 0 Å². The minimum absolute atomic E-state index is 0.707. The lowest BCUT2D eigenvalue weighted by Crippen LogP contribution is -2.51. The molecule has 0 aliphatic carbocycles. The number of nitrogens with one attached hydrogen (secondary N) is 2. The molecule has 60 valence electrons. The van der Waals surface area contributed by atoms with Crippen LogP contribution >= 0.6 is 0 Å². The van der Waals surface area contributed by atoms with Crippen LogP contribution in [0.15, 0.2) is 0 Å². The second-order valence-corrected chi connectivity index (χ2v) is 3.15. The molecule has 2 nitrogen and oxygen atoms in total. The monoisotopic (exact) mass is 142 g/mol. The maximum Gasteiger partial charge on any atom is 0.0218 e. The van der Waals surface area contributed by atoms with E-state index in [0.29, 0.717) is 6.04 Å². The number of rotatable bonds is 2. The molecule has 2 atom stereocenters. The summed E-state index contributed by atoms with van der Waals surface area (Å²) in [4.78, 5) is 0. The zero-order chi connectivity index (χ0) is 7.40. The number of hydrogen-bond acceptors (Lipinski definition) is 2. The lowest BCUT2D eigenvalue weighted by Gasteiger charge is -2.28. The Morgan fingerprint density at radius 3 is 2.80 bits per heavy atom. The molecule has 10 heavy (non-hydrogen) atoms. The van der Waals surface area contributed by atoms with E-state index in [4.69, 9.17) is 0 Å². The molecule has 1 fully saturated rings. The minimum Gasteiger partial charge on any atom is -0.314 e. The molecule has 1 aliphatic rings. The van der Waals surface area contributed by atoms with Gasteiger partial charge in [0.15, 0.2) is 0 Å². The van der Waals surface area contributed by atoms with E-state index in [1.165, 1.54) is 6.42 Å². The van der Waals surface area contributed by atoms with Gasteiger partial charge in [-0.1, -0.05) is 20.3 Å². The van der Waals surface area contributed by atoms with Gasteiger partial charge in [-0.2, -0.15) is 0 Å². The van der Waals surface area contributed by atoms with E-state index in [0.717, 1.165) is 25.6 Å². The van der Waals surface area contributed by atoms with Gasteiger partial charge in [-0.25, -0.2) is 0 Å². The fraction of sp³-hybridized carbons (Fsp3) is 1.00. The quantitative estimate of drug-likeness (QED) is 0.590. The van der Waals surface area contributed by atoms with Crippen molar-refractivity contribution >= 4 is 0 Å².